The van der Waals surface area contributed by atoms with Crippen molar-refractivity contribution >= 4 is 27.5 Å². The number of thioether (sulfide) groups is 1. The van der Waals surface area contributed by atoms with E-state index >= 15 is 0 Å². The smallest absolute Gasteiger partial charge is 0.258 e. The predicted molar refractivity (Wildman–Crippen MR) is 81.0 cm³/mol. The van der Waals surface area contributed by atoms with Gasteiger partial charge in [0.25, 0.3) is 22.1 Å². The number of aromatic nitrogens is 3. The molecular formula is C11H11F2N5O4S2. The average molecular weight is 379 g/mol. The number of alkyl halides is 2. The van der Waals surface area contributed by atoms with E-state index < -0.39 is 37.8 Å². The van der Waals surface area contributed by atoms with Crippen LogP contribution in [0.5, 0.6) is 0 Å². The average Bonchev–Trinajstić information content (AvgIpc) is 2.90. The van der Waals surface area contributed by atoms with E-state index in [1.807, 2.05) is 4.83 Å². The van der Waals surface area contributed by atoms with Crippen molar-refractivity contribution in [3.05, 3.63) is 40.2 Å². The molecule has 0 atom stereocenters. The van der Waals surface area contributed by atoms with Gasteiger partial charge in [-0.1, -0.05) is 24.8 Å². The van der Waals surface area contributed by atoms with Crippen LogP contribution < -0.4 is 4.83 Å². The minimum atomic E-state index is -4.35. The Morgan fingerprint density at radius 1 is 1.42 bits per heavy atom. The largest absolute Gasteiger partial charge is 0.299 e. The maximum absolute atomic E-state index is 13.0. The van der Waals surface area contributed by atoms with Crippen LogP contribution >= 0.6 is 11.8 Å². The minimum absolute atomic E-state index is 0.0678. The van der Waals surface area contributed by atoms with Gasteiger partial charge in [0, 0.05) is 12.1 Å². The molecule has 0 spiro atoms. The highest BCUT2D eigenvalue weighted by Crippen LogP contribution is 2.24. The molecule has 130 valence electrons. The van der Waals surface area contributed by atoms with Gasteiger partial charge in [0.2, 0.25) is 11.0 Å². The highest BCUT2D eigenvalue weighted by molar-refractivity contribution is 7.99. The lowest BCUT2D eigenvalue weighted by molar-refractivity contribution is -0.385. The summed E-state index contributed by atoms with van der Waals surface area (Å²) >= 11 is 1.00. The molecule has 0 saturated carbocycles. The normalized spacial score (nSPS) is 11.7. The summed E-state index contributed by atoms with van der Waals surface area (Å²) in [4.78, 5) is 11.5. The van der Waals surface area contributed by atoms with Gasteiger partial charge < -0.3 is 0 Å². The number of rotatable bonds is 7. The topological polar surface area (TPSA) is 120 Å². The van der Waals surface area contributed by atoms with Crippen molar-refractivity contribution in [2.24, 2.45) is 0 Å². The molecule has 24 heavy (non-hydrogen) atoms. The van der Waals surface area contributed by atoms with Gasteiger partial charge in [-0.15, -0.1) is 10.2 Å². The third-order valence-corrected chi connectivity index (χ3v) is 4.79. The Bertz CT molecular complexity index is 856. The van der Waals surface area contributed by atoms with Crippen LogP contribution in [0.3, 0.4) is 0 Å². The Morgan fingerprint density at radius 3 is 2.71 bits per heavy atom. The van der Waals surface area contributed by atoms with Crippen molar-refractivity contribution in [2.45, 2.75) is 23.4 Å². The van der Waals surface area contributed by atoms with Crippen LogP contribution in [0.15, 0.2) is 34.3 Å². The first kappa shape index (κ1) is 18.1. The summed E-state index contributed by atoms with van der Waals surface area (Å²) in [5.74, 6) is -0.431. The first-order valence-corrected chi connectivity index (χ1v) is 8.86. The maximum Gasteiger partial charge on any atom is 0.299 e. The lowest BCUT2D eigenvalue weighted by atomic mass is 10.3. The summed E-state index contributed by atoms with van der Waals surface area (Å²) < 4.78 is 51.2. The zero-order chi connectivity index (χ0) is 17.9. The van der Waals surface area contributed by atoms with Gasteiger partial charge in [0.1, 0.15) is 0 Å². The monoisotopic (exact) mass is 379 g/mol. The molecule has 1 N–H and O–H groups in total. The zero-order valence-corrected chi connectivity index (χ0v) is 13.7. The number of sulfonamides is 1. The molecule has 0 aliphatic heterocycles. The number of nitro groups is 1. The molecule has 0 saturated heterocycles. The molecule has 2 aromatic rings. The SMILES string of the molecule is CCSc1nnc(C(F)F)n1NS(=O)(=O)c1cccc([N+](=O)[O-])c1. The number of benzene rings is 1. The van der Waals surface area contributed by atoms with Crippen LogP contribution in [-0.4, -0.2) is 34.0 Å². The van der Waals surface area contributed by atoms with Gasteiger partial charge in [0.05, 0.1) is 9.82 Å². The van der Waals surface area contributed by atoms with E-state index in [1.165, 1.54) is 6.07 Å². The molecule has 0 bridgehead atoms. The summed E-state index contributed by atoms with van der Waals surface area (Å²) in [6.07, 6.45) is -3.06. The standard InChI is InChI=1S/C11H11F2N5O4S2/c1-2-23-11-15-14-10(9(12)13)17(11)16-24(21,22)8-5-3-4-7(6-8)18(19)20/h3-6,9,16H,2H2,1H3. The predicted octanol–water partition coefficient (Wildman–Crippen LogP) is 2.17. The van der Waals surface area contributed by atoms with E-state index in [9.17, 15) is 27.3 Å². The summed E-state index contributed by atoms with van der Waals surface area (Å²) in [5, 5.41) is 17.5. The molecule has 0 unspecified atom stereocenters. The first-order chi connectivity index (χ1) is 11.3. The van der Waals surface area contributed by atoms with E-state index in [-0.39, 0.29) is 5.16 Å². The Kier molecular flexibility index (Phi) is 5.33. The number of nitro benzene ring substituents is 1. The zero-order valence-electron chi connectivity index (χ0n) is 12.1. The molecule has 0 fully saturated rings. The van der Waals surface area contributed by atoms with E-state index in [4.69, 9.17) is 0 Å². The van der Waals surface area contributed by atoms with Crippen LogP contribution in [0.25, 0.3) is 0 Å². The Morgan fingerprint density at radius 2 is 2.12 bits per heavy atom. The van der Waals surface area contributed by atoms with E-state index in [1.54, 1.807) is 6.92 Å². The number of hydrogen-bond acceptors (Lipinski definition) is 7. The van der Waals surface area contributed by atoms with Gasteiger partial charge in [-0.05, 0) is 11.8 Å². The molecule has 0 amide bonds. The van der Waals surface area contributed by atoms with Crippen LogP contribution in [0.4, 0.5) is 14.5 Å². The molecule has 13 heteroatoms. The van der Waals surface area contributed by atoms with Crippen LogP contribution in [0, 0.1) is 10.1 Å². The molecule has 1 aromatic carbocycles. The van der Waals surface area contributed by atoms with Crippen molar-refractivity contribution in [2.75, 3.05) is 10.6 Å². The van der Waals surface area contributed by atoms with Gasteiger partial charge >= 0.3 is 0 Å². The fourth-order valence-electron chi connectivity index (χ4n) is 1.67. The van der Waals surface area contributed by atoms with Gasteiger partial charge in [0.15, 0.2) is 0 Å². The van der Waals surface area contributed by atoms with E-state index in [0.717, 1.165) is 30.0 Å². The molecule has 9 nitrogen and oxygen atoms in total. The summed E-state index contributed by atoms with van der Waals surface area (Å²) in [6.45, 7) is 1.72. The molecule has 1 aromatic heterocycles. The molecule has 1 heterocycles. The van der Waals surface area contributed by atoms with Gasteiger partial charge in [-0.3, -0.25) is 10.1 Å². The quantitative estimate of drug-likeness (QED) is 0.445. The molecule has 2 rings (SSSR count). The van der Waals surface area contributed by atoms with E-state index in [2.05, 4.69) is 10.2 Å². The van der Waals surface area contributed by atoms with Gasteiger partial charge in [-0.2, -0.15) is 13.1 Å². The van der Waals surface area contributed by atoms with Crippen molar-refractivity contribution in [1.29, 1.82) is 0 Å². The minimum Gasteiger partial charge on any atom is -0.258 e. The van der Waals surface area contributed by atoms with Crippen LogP contribution in [0.1, 0.15) is 19.2 Å². The number of halogens is 2. The van der Waals surface area contributed by atoms with Gasteiger partial charge in [-0.25, -0.2) is 13.6 Å². The number of hydrogen-bond donors (Lipinski definition) is 1. The number of nitrogens with zero attached hydrogens (tertiary/aromatic N) is 4. The first-order valence-electron chi connectivity index (χ1n) is 6.39. The number of nitrogens with one attached hydrogen (secondary N) is 1. The highest BCUT2D eigenvalue weighted by Gasteiger charge is 2.25. The third kappa shape index (κ3) is 3.79. The lowest BCUT2D eigenvalue weighted by Crippen LogP contribution is -2.26. The van der Waals surface area contributed by atoms with Crippen molar-refractivity contribution in [3.8, 4) is 0 Å². The molecular weight excluding hydrogens is 368 g/mol. The summed E-state index contributed by atoms with van der Waals surface area (Å²) in [7, 11) is -4.35. The number of non-ortho nitro benzene ring substituents is 1. The molecule has 0 aliphatic carbocycles. The van der Waals surface area contributed by atoms with E-state index in [0.29, 0.717) is 10.4 Å². The second-order valence-corrected chi connectivity index (χ2v) is 7.15. The fraction of sp³-hybridized carbons (Fsp3) is 0.273. The Balaban J connectivity index is 2.44. The molecule has 0 aliphatic rings. The van der Waals surface area contributed by atoms with Crippen LogP contribution in [0.2, 0.25) is 0 Å². The van der Waals surface area contributed by atoms with Crippen molar-refractivity contribution in [1.82, 2.24) is 14.9 Å². The maximum atomic E-state index is 13.0. The second-order valence-electron chi connectivity index (χ2n) is 4.26. The van der Waals surface area contributed by atoms with Crippen molar-refractivity contribution < 1.29 is 22.1 Å². The molecule has 0 radical (unpaired) electrons. The van der Waals surface area contributed by atoms with Crippen molar-refractivity contribution in [3.63, 3.8) is 0 Å². The van der Waals surface area contributed by atoms with Crippen LogP contribution in [-0.2, 0) is 10.0 Å². The lowest BCUT2D eigenvalue weighted by Gasteiger charge is -2.12. The Hall–Kier alpha value is -2.28. The fourth-order valence-corrected chi connectivity index (χ4v) is 3.41. The summed E-state index contributed by atoms with van der Waals surface area (Å²) in [5.41, 5.74) is -0.445. The highest BCUT2D eigenvalue weighted by atomic mass is 32.2. The summed E-state index contributed by atoms with van der Waals surface area (Å²) in [6, 6.07) is 4.21. The second kappa shape index (κ2) is 7.09. The third-order valence-electron chi connectivity index (χ3n) is 2.68. The Labute approximate surface area is 139 Å².